The first kappa shape index (κ1) is 15.7. The molecule has 1 aromatic rings. The number of hydrogen-bond donors (Lipinski definition) is 4. The summed E-state index contributed by atoms with van der Waals surface area (Å²) in [6.45, 7) is 2.93. The van der Waals surface area contributed by atoms with Gasteiger partial charge in [0.1, 0.15) is 5.69 Å². The van der Waals surface area contributed by atoms with Crippen LogP contribution in [0.2, 0.25) is 0 Å². The van der Waals surface area contributed by atoms with Crippen LogP contribution in [0.15, 0.2) is 12.1 Å². The molecule has 0 aliphatic carbocycles. The average molecular weight is 316 g/mol. The largest absolute Gasteiger partial charge is 0.492 e. The number of ether oxygens (including phenoxy) is 1. The Morgan fingerprint density at radius 2 is 2.19 bits per heavy atom. The molecule has 0 atom stereocenters. The lowest BCUT2D eigenvalue weighted by molar-refractivity contribution is 0.0697. The zero-order chi connectivity index (χ0) is 15.6. The van der Waals surface area contributed by atoms with Crippen molar-refractivity contribution in [1.82, 2.24) is 0 Å². The molecule has 7 nitrogen and oxygen atoms in total. The van der Waals surface area contributed by atoms with Crippen molar-refractivity contribution in [2.45, 2.75) is 13.3 Å². The van der Waals surface area contributed by atoms with Crippen molar-refractivity contribution in [2.24, 2.45) is 0 Å². The SMILES string of the molecule is CCNc1cc(C(=O)O)cc(N2CCCS2(O)O)c1OC. The van der Waals surface area contributed by atoms with E-state index in [-0.39, 0.29) is 11.3 Å². The van der Waals surface area contributed by atoms with Crippen LogP contribution in [0.4, 0.5) is 11.4 Å². The molecular formula is C13H20N2O5S. The molecule has 1 aliphatic rings. The normalized spacial score (nSPS) is 18.4. The fourth-order valence-electron chi connectivity index (χ4n) is 2.39. The molecule has 1 fully saturated rings. The number of nitrogens with one attached hydrogen (secondary N) is 1. The van der Waals surface area contributed by atoms with Crippen LogP contribution in [0.5, 0.6) is 5.75 Å². The van der Waals surface area contributed by atoms with Gasteiger partial charge in [-0.1, -0.05) is 0 Å². The van der Waals surface area contributed by atoms with Gasteiger partial charge in [-0.25, -0.2) is 4.79 Å². The zero-order valence-electron chi connectivity index (χ0n) is 12.0. The molecule has 0 spiro atoms. The summed E-state index contributed by atoms with van der Waals surface area (Å²) in [6.07, 6.45) is 0.638. The number of hydrogen-bond acceptors (Lipinski definition) is 6. The lowest BCUT2D eigenvalue weighted by Gasteiger charge is -2.39. The van der Waals surface area contributed by atoms with Gasteiger partial charge in [-0.15, -0.1) is 10.8 Å². The number of benzene rings is 1. The number of nitrogens with zero attached hydrogens (tertiary/aromatic N) is 1. The lowest BCUT2D eigenvalue weighted by Crippen LogP contribution is -2.23. The molecule has 1 saturated heterocycles. The Morgan fingerprint density at radius 3 is 2.67 bits per heavy atom. The van der Waals surface area contributed by atoms with Gasteiger partial charge < -0.3 is 15.2 Å². The van der Waals surface area contributed by atoms with E-state index in [1.165, 1.54) is 23.5 Å². The number of rotatable bonds is 5. The third kappa shape index (κ3) is 3.02. The van der Waals surface area contributed by atoms with Gasteiger partial charge in [0.25, 0.3) is 0 Å². The van der Waals surface area contributed by atoms with Crippen molar-refractivity contribution in [2.75, 3.05) is 35.6 Å². The Kier molecular flexibility index (Phi) is 4.50. The molecule has 0 saturated carbocycles. The van der Waals surface area contributed by atoms with Crippen LogP contribution in [0, 0.1) is 0 Å². The third-order valence-corrected chi connectivity index (χ3v) is 5.21. The fraction of sp³-hybridized carbons (Fsp3) is 0.462. The minimum atomic E-state index is -2.91. The van der Waals surface area contributed by atoms with Gasteiger partial charge in [0.15, 0.2) is 5.75 Å². The number of carboxylic acid groups (broad SMARTS) is 1. The van der Waals surface area contributed by atoms with Crippen LogP contribution < -0.4 is 14.4 Å². The highest BCUT2D eigenvalue weighted by atomic mass is 32.3. The standard InChI is InChI=1S/C13H20N2O5S/c1-3-14-10-7-9(13(16)17)8-11(12(10)20-2)15-5-4-6-21(15,18)19/h7-8,14,18-19H,3-6H2,1-2H3,(H,16,17). The number of carboxylic acids is 1. The van der Waals surface area contributed by atoms with Gasteiger partial charge in [0.2, 0.25) is 0 Å². The van der Waals surface area contributed by atoms with E-state index in [9.17, 15) is 19.0 Å². The molecule has 2 rings (SSSR count). The van der Waals surface area contributed by atoms with Crippen molar-refractivity contribution >= 4 is 28.1 Å². The number of methoxy groups -OCH3 is 1. The van der Waals surface area contributed by atoms with Crippen LogP contribution in [0.3, 0.4) is 0 Å². The summed E-state index contributed by atoms with van der Waals surface area (Å²) in [4.78, 5) is 11.3. The smallest absolute Gasteiger partial charge is 0.335 e. The summed E-state index contributed by atoms with van der Waals surface area (Å²) in [5, 5.41) is 12.3. The molecule has 1 aliphatic heterocycles. The number of carbonyl (C=O) groups is 1. The Labute approximate surface area is 125 Å². The summed E-state index contributed by atoms with van der Waals surface area (Å²) in [5.74, 6) is -0.373. The molecule has 4 N–H and O–H groups in total. The van der Waals surface area contributed by atoms with Gasteiger partial charge >= 0.3 is 5.97 Å². The fourth-order valence-corrected chi connectivity index (χ4v) is 4.00. The highest BCUT2D eigenvalue weighted by molar-refractivity contribution is 8.25. The summed E-state index contributed by atoms with van der Waals surface area (Å²) >= 11 is 0. The quantitative estimate of drug-likeness (QED) is 0.662. The topological polar surface area (TPSA) is 102 Å². The second kappa shape index (κ2) is 6.00. The molecular weight excluding hydrogens is 296 g/mol. The molecule has 0 amide bonds. The molecule has 1 aromatic carbocycles. The lowest BCUT2D eigenvalue weighted by atomic mass is 10.1. The second-order valence-electron chi connectivity index (χ2n) is 4.70. The summed E-state index contributed by atoms with van der Waals surface area (Å²) in [7, 11) is -1.44. The second-order valence-corrected chi connectivity index (χ2v) is 6.82. The van der Waals surface area contributed by atoms with E-state index >= 15 is 0 Å². The minimum Gasteiger partial charge on any atom is -0.492 e. The van der Waals surface area contributed by atoms with Crippen molar-refractivity contribution in [1.29, 1.82) is 0 Å². The van der Waals surface area contributed by atoms with Crippen molar-refractivity contribution in [3.8, 4) is 5.75 Å². The van der Waals surface area contributed by atoms with Crippen LogP contribution in [-0.4, -0.2) is 46.1 Å². The Morgan fingerprint density at radius 1 is 1.48 bits per heavy atom. The maximum atomic E-state index is 11.3. The summed E-state index contributed by atoms with van der Waals surface area (Å²) in [5.41, 5.74) is 0.992. The molecule has 8 heteroatoms. The maximum absolute atomic E-state index is 11.3. The molecule has 1 heterocycles. The zero-order valence-corrected chi connectivity index (χ0v) is 12.8. The molecule has 0 radical (unpaired) electrons. The van der Waals surface area contributed by atoms with E-state index in [1.807, 2.05) is 6.92 Å². The monoisotopic (exact) mass is 316 g/mol. The molecule has 21 heavy (non-hydrogen) atoms. The van der Waals surface area contributed by atoms with Gasteiger partial charge in [-0.05, 0) is 25.5 Å². The minimum absolute atomic E-state index is 0.0730. The Balaban J connectivity index is 2.59. The van der Waals surface area contributed by atoms with Crippen LogP contribution in [-0.2, 0) is 0 Å². The highest BCUT2D eigenvalue weighted by Gasteiger charge is 2.32. The highest BCUT2D eigenvalue weighted by Crippen LogP contribution is 2.54. The van der Waals surface area contributed by atoms with E-state index in [2.05, 4.69) is 5.32 Å². The first-order valence-corrected chi connectivity index (χ1v) is 8.30. The van der Waals surface area contributed by atoms with Crippen LogP contribution in [0.1, 0.15) is 23.7 Å². The predicted octanol–water partition coefficient (Wildman–Crippen LogP) is 2.70. The van der Waals surface area contributed by atoms with Gasteiger partial charge in [0.05, 0.1) is 24.1 Å². The Hall–Kier alpha value is -1.64. The molecule has 0 bridgehead atoms. The van der Waals surface area contributed by atoms with Gasteiger partial charge in [-0.2, -0.15) is 0 Å². The summed E-state index contributed by atoms with van der Waals surface area (Å²) in [6, 6.07) is 2.90. The first-order chi connectivity index (χ1) is 9.90. The van der Waals surface area contributed by atoms with E-state index in [0.29, 0.717) is 36.6 Å². The van der Waals surface area contributed by atoms with Gasteiger partial charge in [-0.3, -0.25) is 13.4 Å². The summed E-state index contributed by atoms with van der Waals surface area (Å²) < 4.78 is 27.0. The number of anilines is 2. The van der Waals surface area contributed by atoms with Crippen molar-refractivity contribution in [3.63, 3.8) is 0 Å². The molecule has 0 unspecified atom stereocenters. The number of aromatic carboxylic acids is 1. The third-order valence-electron chi connectivity index (χ3n) is 3.29. The van der Waals surface area contributed by atoms with E-state index in [4.69, 9.17) is 4.74 Å². The van der Waals surface area contributed by atoms with E-state index < -0.39 is 16.7 Å². The van der Waals surface area contributed by atoms with E-state index in [1.54, 1.807) is 0 Å². The molecule has 118 valence electrons. The molecule has 0 aromatic heterocycles. The van der Waals surface area contributed by atoms with Crippen molar-refractivity contribution < 1.29 is 23.7 Å². The van der Waals surface area contributed by atoms with Crippen LogP contribution >= 0.6 is 10.8 Å². The average Bonchev–Trinajstić information content (AvgIpc) is 2.77. The Bertz CT molecular complexity index is 550. The first-order valence-electron chi connectivity index (χ1n) is 6.63. The van der Waals surface area contributed by atoms with E-state index in [0.717, 1.165) is 0 Å². The predicted molar refractivity (Wildman–Crippen MR) is 83.8 cm³/mol. The maximum Gasteiger partial charge on any atom is 0.335 e. The van der Waals surface area contributed by atoms with Crippen molar-refractivity contribution in [3.05, 3.63) is 17.7 Å². The van der Waals surface area contributed by atoms with Crippen LogP contribution in [0.25, 0.3) is 0 Å². The van der Waals surface area contributed by atoms with Gasteiger partial charge in [0, 0.05) is 13.1 Å².